The number of nitrogens with zero attached hydrogens (tertiary/aromatic N) is 3. The van der Waals surface area contributed by atoms with Crippen molar-refractivity contribution < 1.29 is 4.79 Å². The summed E-state index contributed by atoms with van der Waals surface area (Å²) in [5.41, 5.74) is 3.01. The van der Waals surface area contributed by atoms with E-state index in [1.807, 2.05) is 58.3 Å². The summed E-state index contributed by atoms with van der Waals surface area (Å²) in [6, 6.07) is 7.67. The lowest BCUT2D eigenvalue weighted by Gasteiger charge is -2.22. The van der Waals surface area contributed by atoms with E-state index < -0.39 is 0 Å². The monoisotopic (exact) mass is 348 g/mol. The van der Waals surface area contributed by atoms with Gasteiger partial charge in [-0.05, 0) is 32.0 Å². The minimum absolute atomic E-state index is 0.000318. The molecule has 0 saturated heterocycles. The van der Waals surface area contributed by atoms with Gasteiger partial charge in [0.2, 0.25) is 5.91 Å². The average molecular weight is 349 g/mol. The van der Waals surface area contributed by atoms with Gasteiger partial charge in [-0.15, -0.1) is 0 Å². The van der Waals surface area contributed by atoms with E-state index in [2.05, 4.69) is 15.3 Å². The van der Waals surface area contributed by atoms with E-state index in [1.165, 1.54) is 0 Å². The van der Waals surface area contributed by atoms with Gasteiger partial charge in [0.05, 0.1) is 18.3 Å². The Balaban J connectivity index is 1.94. The molecule has 0 unspecified atom stereocenters. The lowest BCUT2D eigenvalue weighted by Crippen LogP contribution is -2.38. The Morgan fingerprint density at radius 3 is 2.71 bits per heavy atom. The first kappa shape index (κ1) is 18.5. The van der Waals surface area contributed by atoms with Crippen LogP contribution in [0, 0.1) is 6.92 Å². The fourth-order valence-corrected chi connectivity index (χ4v) is 2.95. The van der Waals surface area contributed by atoms with Crippen LogP contribution in [0.15, 0.2) is 30.5 Å². The highest BCUT2D eigenvalue weighted by molar-refractivity contribution is 6.31. The molecular weight excluding hydrogens is 324 g/mol. The Morgan fingerprint density at radius 2 is 2.12 bits per heavy atom. The molecule has 0 aliphatic heterocycles. The highest BCUT2D eigenvalue weighted by Gasteiger charge is 2.16. The number of carbonyl (C=O) groups is 1. The van der Waals surface area contributed by atoms with Crippen LogP contribution >= 0.6 is 11.6 Å². The molecule has 1 aromatic carbocycles. The average Bonchev–Trinajstić information content (AvgIpc) is 2.87. The number of amides is 1. The number of benzene rings is 1. The topological polar surface area (TPSA) is 50.2 Å². The first-order valence-corrected chi connectivity index (χ1v) is 8.53. The fraction of sp³-hybridized carbons (Fsp3) is 0.444. The summed E-state index contributed by atoms with van der Waals surface area (Å²) < 4.78 is 1.77. The number of carbonyl (C=O) groups excluding carboxylic acids is 1. The normalized spacial score (nSPS) is 12.4. The van der Waals surface area contributed by atoms with Gasteiger partial charge in [-0.3, -0.25) is 14.4 Å². The van der Waals surface area contributed by atoms with E-state index in [-0.39, 0.29) is 11.9 Å². The Kier molecular flexibility index (Phi) is 6.40. The van der Waals surface area contributed by atoms with Crippen LogP contribution < -0.4 is 5.32 Å². The SMILES string of the molecule is CCN(CC(=O)N[C@@H](C)c1cn(C)nc1C)Cc1ccccc1Cl. The summed E-state index contributed by atoms with van der Waals surface area (Å²) >= 11 is 6.21. The van der Waals surface area contributed by atoms with Crippen LogP contribution in [0.1, 0.15) is 36.7 Å². The lowest BCUT2D eigenvalue weighted by atomic mass is 10.1. The highest BCUT2D eigenvalue weighted by Crippen LogP contribution is 2.18. The summed E-state index contributed by atoms with van der Waals surface area (Å²) in [5.74, 6) is -0.000318. The maximum Gasteiger partial charge on any atom is 0.234 e. The molecule has 1 aromatic heterocycles. The van der Waals surface area contributed by atoms with Crippen molar-refractivity contribution in [2.75, 3.05) is 13.1 Å². The van der Waals surface area contributed by atoms with Gasteiger partial charge in [0.1, 0.15) is 0 Å². The van der Waals surface area contributed by atoms with Gasteiger partial charge >= 0.3 is 0 Å². The molecule has 5 nitrogen and oxygen atoms in total. The zero-order valence-corrected chi connectivity index (χ0v) is 15.5. The molecule has 24 heavy (non-hydrogen) atoms. The number of hydrogen-bond donors (Lipinski definition) is 1. The fourth-order valence-electron chi connectivity index (χ4n) is 2.76. The van der Waals surface area contributed by atoms with Crippen molar-refractivity contribution >= 4 is 17.5 Å². The Labute approximate surface area is 148 Å². The van der Waals surface area contributed by atoms with Crippen molar-refractivity contribution in [3.8, 4) is 0 Å². The molecule has 1 atom stereocenters. The summed E-state index contributed by atoms with van der Waals surface area (Å²) in [6.07, 6.45) is 1.95. The van der Waals surface area contributed by atoms with Gasteiger partial charge in [-0.1, -0.05) is 36.7 Å². The number of aryl methyl sites for hydroxylation is 2. The molecule has 0 bridgehead atoms. The number of rotatable bonds is 7. The van der Waals surface area contributed by atoms with E-state index in [0.717, 1.165) is 28.4 Å². The second kappa shape index (κ2) is 8.31. The minimum Gasteiger partial charge on any atom is -0.348 e. The number of hydrogen-bond acceptors (Lipinski definition) is 3. The van der Waals surface area contributed by atoms with Crippen LogP contribution in [0.4, 0.5) is 0 Å². The number of halogens is 1. The molecule has 0 radical (unpaired) electrons. The quantitative estimate of drug-likeness (QED) is 0.836. The summed E-state index contributed by atoms with van der Waals surface area (Å²) in [7, 11) is 1.88. The van der Waals surface area contributed by atoms with Crippen molar-refractivity contribution in [3.63, 3.8) is 0 Å². The summed E-state index contributed by atoms with van der Waals surface area (Å²) in [4.78, 5) is 14.4. The highest BCUT2D eigenvalue weighted by atomic mass is 35.5. The maximum absolute atomic E-state index is 12.4. The maximum atomic E-state index is 12.4. The van der Waals surface area contributed by atoms with Crippen molar-refractivity contribution in [3.05, 3.63) is 52.3 Å². The Hall–Kier alpha value is -1.85. The molecule has 130 valence electrons. The first-order valence-electron chi connectivity index (χ1n) is 8.16. The molecular formula is C18H25ClN4O. The molecule has 0 aliphatic rings. The van der Waals surface area contributed by atoms with E-state index in [0.29, 0.717) is 13.1 Å². The van der Waals surface area contributed by atoms with Crippen LogP contribution in [-0.4, -0.2) is 33.7 Å². The number of nitrogens with one attached hydrogen (secondary N) is 1. The molecule has 0 saturated carbocycles. The lowest BCUT2D eigenvalue weighted by molar-refractivity contribution is -0.123. The third-order valence-corrected chi connectivity index (χ3v) is 4.43. The molecule has 2 aromatic rings. The summed E-state index contributed by atoms with van der Waals surface area (Å²) in [6.45, 7) is 7.74. The summed E-state index contributed by atoms with van der Waals surface area (Å²) in [5, 5.41) is 8.10. The van der Waals surface area contributed by atoms with E-state index in [4.69, 9.17) is 11.6 Å². The second-order valence-corrected chi connectivity index (χ2v) is 6.43. The van der Waals surface area contributed by atoms with Gasteiger partial charge in [0.15, 0.2) is 0 Å². The molecule has 6 heteroatoms. The third kappa shape index (κ3) is 4.82. The molecule has 1 amide bonds. The first-order chi connectivity index (χ1) is 11.4. The molecule has 1 N–H and O–H groups in total. The minimum atomic E-state index is -0.0646. The standard InChI is InChI=1S/C18H25ClN4O/c1-5-23(10-15-8-6-7-9-17(15)19)12-18(24)20-13(2)16-11-22(4)21-14(16)3/h6-9,11,13H,5,10,12H2,1-4H3,(H,20,24)/t13-/m0/s1. The van der Waals surface area contributed by atoms with Crippen LogP contribution in [-0.2, 0) is 18.4 Å². The van der Waals surface area contributed by atoms with Crippen LogP contribution in [0.2, 0.25) is 5.02 Å². The predicted molar refractivity (Wildman–Crippen MR) is 96.9 cm³/mol. The Bertz CT molecular complexity index is 698. The zero-order valence-electron chi connectivity index (χ0n) is 14.7. The molecule has 0 fully saturated rings. The van der Waals surface area contributed by atoms with E-state index >= 15 is 0 Å². The smallest absolute Gasteiger partial charge is 0.234 e. The van der Waals surface area contributed by atoms with Crippen LogP contribution in [0.25, 0.3) is 0 Å². The predicted octanol–water partition coefficient (Wildman–Crippen LogP) is 3.08. The van der Waals surface area contributed by atoms with Gasteiger partial charge in [-0.25, -0.2) is 0 Å². The zero-order chi connectivity index (χ0) is 17.7. The van der Waals surface area contributed by atoms with Gasteiger partial charge in [0.25, 0.3) is 0 Å². The molecule has 0 aliphatic carbocycles. The third-order valence-electron chi connectivity index (χ3n) is 4.06. The number of likely N-dealkylation sites (N-methyl/N-ethyl adjacent to an activating group) is 1. The Morgan fingerprint density at radius 1 is 1.42 bits per heavy atom. The molecule has 2 rings (SSSR count). The van der Waals surface area contributed by atoms with E-state index in [9.17, 15) is 4.79 Å². The van der Waals surface area contributed by atoms with Crippen molar-refractivity contribution in [2.24, 2.45) is 7.05 Å². The van der Waals surface area contributed by atoms with Crippen molar-refractivity contribution in [1.82, 2.24) is 20.0 Å². The van der Waals surface area contributed by atoms with Crippen LogP contribution in [0.3, 0.4) is 0 Å². The molecule has 0 spiro atoms. The largest absolute Gasteiger partial charge is 0.348 e. The van der Waals surface area contributed by atoms with Gasteiger partial charge in [0, 0.05) is 30.4 Å². The van der Waals surface area contributed by atoms with Gasteiger partial charge < -0.3 is 5.32 Å². The van der Waals surface area contributed by atoms with Gasteiger partial charge in [-0.2, -0.15) is 5.10 Å². The second-order valence-electron chi connectivity index (χ2n) is 6.03. The van der Waals surface area contributed by atoms with E-state index in [1.54, 1.807) is 4.68 Å². The molecule has 1 heterocycles. The number of aromatic nitrogens is 2. The van der Waals surface area contributed by atoms with Crippen molar-refractivity contribution in [1.29, 1.82) is 0 Å². The van der Waals surface area contributed by atoms with Crippen LogP contribution in [0.5, 0.6) is 0 Å². The van der Waals surface area contributed by atoms with Crippen molar-refractivity contribution in [2.45, 2.75) is 33.4 Å².